The fourth-order valence-electron chi connectivity index (χ4n) is 3.48. The highest BCUT2D eigenvalue weighted by atomic mass is 19.4. The van der Waals surface area contributed by atoms with Gasteiger partial charge in [0, 0.05) is 37.4 Å². The molecule has 1 aliphatic rings. The molecule has 174 valence electrons. The standard InChI is InChI=1S/C23H23F3N4O3/c1-16-10-21(31-3)22(32-14-17-4-6-19(7-5-17)33-23(24,25)26)11-20(16)30-9-8-29(15-30)18-12-27-28(2)13-18/h4-13H,14-15H2,1-3H3. The van der Waals surface area contributed by atoms with Crippen molar-refractivity contribution >= 4 is 11.4 Å². The zero-order valence-electron chi connectivity index (χ0n) is 18.3. The van der Waals surface area contributed by atoms with Gasteiger partial charge in [-0.15, -0.1) is 13.2 Å². The van der Waals surface area contributed by atoms with Gasteiger partial charge < -0.3 is 24.0 Å². The van der Waals surface area contributed by atoms with Gasteiger partial charge in [-0.3, -0.25) is 4.68 Å². The molecule has 0 saturated carbocycles. The van der Waals surface area contributed by atoms with Gasteiger partial charge >= 0.3 is 6.36 Å². The van der Waals surface area contributed by atoms with E-state index in [4.69, 9.17) is 9.47 Å². The van der Waals surface area contributed by atoms with Crippen LogP contribution in [0.4, 0.5) is 24.5 Å². The fraction of sp³-hybridized carbons (Fsp3) is 0.261. The Labute approximate surface area is 189 Å². The molecule has 3 aromatic rings. The normalized spacial score (nSPS) is 13.5. The molecule has 0 atom stereocenters. The van der Waals surface area contributed by atoms with Gasteiger partial charge in [0.1, 0.15) is 12.4 Å². The lowest BCUT2D eigenvalue weighted by atomic mass is 10.1. The Balaban J connectivity index is 1.47. The number of anilines is 2. The monoisotopic (exact) mass is 460 g/mol. The average Bonchev–Trinajstić information content (AvgIpc) is 3.41. The van der Waals surface area contributed by atoms with Crippen LogP contribution in [0.1, 0.15) is 11.1 Å². The summed E-state index contributed by atoms with van der Waals surface area (Å²) in [7, 11) is 3.43. The Hall–Kier alpha value is -3.82. The smallest absolute Gasteiger partial charge is 0.493 e. The minimum absolute atomic E-state index is 0.156. The summed E-state index contributed by atoms with van der Waals surface area (Å²) in [6, 6.07) is 9.35. The molecule has 0 fully saturated rings. The maximum Gasteiger partial charge on any atom is 0.573 e. The van der Waals surface area contributed by atoms with Crippen molar-refractivity contribution in [1.29, 1.82) is 0 Å². The number of aromatic nitrogens is 2. The summed E-state index contributed by atoms with van der Waals surface area (Å²) >= 11 is 0. The van der Waals surface area contributed by atoms with E-state index in [0.29, 0.717) is 23.7 Å². The predicted octanol–water partition coefficient (Wildman–Crippen LogP) is 4.97. The molecule has 33 heavy (non-hydrogen) atoms. The Morgan fingerprint density at radius 1 is 1.03 bits per heavy atom. The first-order chi connectivity index (χ1) is 15.7. The van der Waals surface area contributed by atoms with Crippen LogP contribution in [-0.4, -0.2) is 29.9 Å². The van der Waals surface area contributed by atoms with Crippen molar-refractivity contribution in [3.8, 4) is 17.2 Å². The van der Waals surface area contributed by atoms with Crippen LogP contribution in [0.25, 0.3) is 0 Å². The van der Waals surface area contributed by atoms with Crippen LogP contribution in [0, 0.1) is 6.92 Å². The van der Waals surface area contributed by atoms with E-state index in [1.807, 2.05) is 44.7 Å². The van der Waals surface area contributed by atoms with Crippen LogP contribution in [0.5, 0.6) is 17.2 Å². The molecule has 0 unspecified atom stereocenters. The molecule has 0 saturated heterocycles. The van der Waals surface area contributed by atoms with Crippen molar-refractivity contribution in [2.75, 3.05) is 23.6 Å². The third kappa shape index (κ3) is 5.33. The Morgan fingerprint density at radius 2 is 1.76 bits per heavy atom. The van der Waals surface area contributed by atoms with Crippen molar-refractivity contribution in [2.24, 2.45) is 7.05 Å². The molecular formula is C23H23F3N4O3. The number of rotatable bonds is 7. The number of nitrogens with zero attached hydrogens (tertiary/aromatic N) is 4. The summed E-state index contributed by atoms with van der Waals surface area (Å²) < 4.78 is 54.1. The minimum Gasteiger partial charge on any atom is -0.493 e. The quantitative estimate of drug-likeness (QED) is 0.496. The Morgan fingerprint density at radius 3 is 2.39 bits per heavy atom. The zero-order chi connectivity index (χ0) is 23.6. The first-order valence-electron chi connectivity index (χ1n) is 10.1. The molecule has 0 amide bonds. The molecule has 0 spiro atoms. The Kier molecular flexibility index (Phi) is 6.08. The lowest BCUT2D eigenvalue weighted by molar-refractivity contribution is -0.274. The molecule has 0 aliphatic carbocycles. The molecule has 2 aromatic carbocycles. The third-order valence-corrected chi connectivity index (χ3v) is 5.10. The lowest BCUT2D eigenvalue weighted by Gasteiger charge is -2.23. The number of aryl methyl sites for hydroxylation is 2. The van der Waals surface area contributed by atoms with Gasteiger partial charge in [0.15, 0.2) is 11.5 Å². The van der Waals surface area contributed by atoms with Crippen LogP contribution >= 0.6 is 0 Å². The molecule has 1 aromatic heterocycles. The molecular weight excluding hydrogens is 437 g/mol. The SMILES string of the molecule is COc1cc(C)c(N2C=CN(c3cnn(C)c3)C2)cc1OCc1ccc(OC(F)(F)F)cc1. The fourth-order valence-corrected chi connectivity index (χ4v) is 3.48. The maximum absolute atomic E-state index is 12.3. The third-order valence-electron chi connectivity index (χ3n) is 5.10. The molecule has 0 radical (unpaired) electrons. The number of benzene rings is 2. The maximum atomic E-state index is 12.3. The molecule has 1 aliphatic heterocycles. The first kappa shape index (κ1) is 22.4. The van der Waals surface area contributed by atoms with E-state index >= 15 is 0 Å². The number of alkyl halides is 3. The van der Waals surface area contributed by atoms with Crippen LogP contribution in [-0.2, 0) is 13.7 Å². The van der Waals surface area contributed by atoms with E-state index in [0.717, 1.165) is 16.9 Å². The predicted molar refractivity (Wildman–Crippen MR) is 117 cm³/mol. The van der Waals surface area contributed by atoms with Crippen molar-refractivity contribution in [2.45, 2.75) is 19.9 Å². The van der Waals surface area contributed by atoms with Crippen molar-refractivity contribution in [3.05, 3.63) is 72.3 Å². The molecule has 4 rings (SSSR count). The van der Waals surface area contributed by atoms with Crippen LogP contribution in [0.15, 0.2) is 61.2 Å². The summed E-state index contributed by atoms with van der Waals surface area (Å²) in [5, 5.41) is 4.21. The molecule has 7 nitrogen and oxygen atoms in total. The van der Waals surface area contributed by atoms with Crippen LogP contribution in [0.2, 0.25) is 0 Å². The van der Waals surface area contributed by atoms with Gasteiger partial charge in [-0.25, -0.2) is 0 Å². The summed E-state index contributed by atoms with van der Waals surface area (Å²) in [5.41, 5.74) is 3.63. The molecule has 0 bridgehead atoms. The highest BCUT2D eigenvalue weighted by Crippen LogP contribution is 2.37. The second-order valence-corrected chi connectivity index (χ2v) is 7.52. The van der Waals surface area contributed by atoms with E-state index in [9.17, 15) is 13.2 Å². The van der Waals surface area contributed by atoms with Gasteiger partial charge in [-0.05, 0) is 36.2 Å². The highest BCUT2D eigenvalue weighted by molar-refractivity contribution is 5.66. The van der Waals surface area contributed by atoms with Crippen molar-refractivity contribution in [1.82, 2.24) is 9.78 Å². The van der Waals surface area contributed by atoms with E-state index in [2.05, 4.69) is 19.6 Å². The lowest BCUT2D eigenvalue weighted by Crippen LogP contribution is -2.25. The summed E-state index contributed by atoms with van der Waals surface area (Å²) in [5.74, 6) is 0.822. The Bertz CT molecular complexity index is 1140. The number of hydrogen-bond acceptors (Lipinski definition) is 6. The summed E-state index contributed by atoms with van der Waals surface area (Å²) in [4.78, 5) is 4.15. The summed E-state index contributed by atoms with van der Waals surface area (Å²) in [6.07, 6.45) is 2.97. The van der Waals surface area contributed by atoms with E-state index in [1.165, 1.54) is 24.3 Å². The zero-order valence-corrected chi connectivity index (χ0v) is 18.3. The number of halogens is 3. The van der Waals surface area contributed by atoms with Gasteiger partial charge in [0.2, 0.25) is 0 Å². The van der Waals surface area contributed by atoms with Crippen molar-refractivity contribution in [3.63, 3.8) is 0 Å². The van der Waals surface area contributed by atoms with Crippen LogP contribution in [0.3, 0.4) is 0 Å². The van der Waals surface area contributed by atoms with Gasteiger partial charge in [0.25, 0.3) is 0 Å². The molecule has 10 heteroatoms. The van der Waals surface area contributed by atoms with E-state index < -0.39 is 6.36 Å². The molecule has 0 N–H and O–H groups in total. The average molecular weight is 460 g/mol. The topological polar surface area (TPSA) is 52.0 Å². The van der Waals surface area contributed by atoms with Gasteiger partial charge in [-0.2, -0.15) is 5.10 Å². The van der Waals surface area contributed by atoms with Gasteiger partial charge in [0.05, 0.1) is 25.7 Å². The largest absolute Gasteiger partial charge is 0.573 e. The number of methoxy groups -OCH3 is 1. The summed E-state index contributed by atoms with van der Waals surface area (Å²) in [6.45, 7) is 2.75. The van der Waals surface area contributed by atoms with E-state index in [-0.39, 0.29) is 12.4 Å². The first-order valence-corrected chi connectivity index (χ1v) is 10.1. The van der Waals surface area contributed by atoms with Crippen LogP contribution < -0.4 is 24.0 Å². The van der Waals surface area contributed by atoms with Gasteiger partial charge in [-0.1, -0.05) is 12.1 Å². The number of ether oxygens (including phenoxy) is 3. The number of hydrogen-bond donors (Lipinski definition) is 0. The molecule has 2 heterocycles. The van der Waals surface area contributed by atoms with E-state index in [1.54, 1.807) is 18.0 Å². The second kappa shape index (κ2) is 8.97. The second-order valence-electron chi connectivity index (χ2n) is 7.52. The van der Waals surface area contributed by atoms with Crippen molar-refractivity contribution < 1.29 is 27.4 Å². The highest BCUT2D eigenvalue weighted by Gasteiger charge is 2.31. The minimum atomic E-state index is -4.72.